The molecule has 0 saturated heterocycles. The Kier molecular flexibility index (Phi) is 5.09. The van der Waals surface area contributed by atoms with Crippen LogP contribution in [-0.2, 0) is 6.42 Å². The van der Waals surface area contributed by atoms with Crippen molar-refractivity contribution in [1.29, 1.82) is 0 Å². The molecule has 0 aliphatic carbocycles. The number of rotatable bonds is 3. The highest BCUT2D eigenvalue weighted by Crippen LogP contribution is 2.25. The van der Waals surface area contributed by atoms with E-state index >= 15 is 0 Å². The molecule has 3 nitrogen and oxygen atoms in total. The molecule has 1 amide bonds. The zero-order chi connectivity index (χ0) is 14.8. The average molecular weight is 317 g/mol. The van der Waals surface area contributed by atoms with E-state index in [0.717, 1.165) is 35.5 Å². The fourth-order valence-electron chi connectivity index (χ4n) is 2.83. The largest absolute Gasteiger partial charge is 0.384 e. The molecule has 1 heterocycles. The summed E-state index contributed by atoms with van der Waals surface area (Å²) in [6.07, 6.45) is 0.993. The number of carbonyl (C=O) groups is 1. The number of nitrogens with one attached hydrogen (secondary N) is 1. The van der Waals surface area contributed by atoms with Crippen molar-refractivity contribution in [2.24, 2.45) is 0 Å². The molecule has 22 heavy (non-hydrogen) atoms. The van der Waals surface area contributed by atoms with Crippen LogP contribution in [0.2, 0.25) is 0 Å². The number of fused-ring (bicyclic) bond motifs is 1. The number of amides is 1. The smallest absolute Gasteiger partial charge is 0.258 e. The lowest BCUT2D eigenvalue weighted by atomic mass is 10.1. The van der Waals surface area contributed by atoms with E-state index in [4.69, 9.17) is 0 Å². The Morgan fingerprint density at radius 3 is 2.77 bits per heavy atom. The zero-order valence-electron chi connectivity index (χ0n) is 12.9. The monoisotopic (exact) mass is 316 g/mol. The maximum atomic E-state index is 12.8. The van der Waals surface area contributed by atoms with E-state index in [1.54, 1.807) is 0 Å². The minimum absolute atomic E-state index is 0. The summed E-state index contributed by atoms with van der Waals surface area (Å²) in [4.78, 5) is 14.6. The van der Waals surface area contributed by atoms with Gasteiger partial charge in [-0.05, 0) is 61.7 Å². The van der Waals surface area contributed by atoms with Gasteiger partial charge < -0.3 is 10.2 Å². The quantitative estimate of drug-likeness (QED) is 0.926. The minimum Gasteiger partial charge on any atom is -0.384 e. The van der Waals surface area contributed by atoms with E-state index in [2.05, 4.69) is 11.4 Å². The van der Waals surface area contributed by atoms with E-state index < -0.39 is 0 Å². The highest BCUT2D eigenvalue weighted by Gasteiger charge is 2.18. The molecule has 0 atom stereocenters. The first-order valence-corrected chi connectivity index (χ1v) is 7.44. The van der Waals surface area contributed by atoms with Crippen molar-refractivity contribution in [3.63, 3.8) is 0 Å². The Morgan fingerprint density at radius 2 is 2.05 bits per heavy atom. The number of halogens is 1. The van der Waals surface area contributed by atoms with Crippen molar-refractivity contribution in [2.75, 3.05) is 23.3 Å². The van der Waals surface area contributed by atoms with Crippen molar-refractivity contribution >= 4 is 29.7 Å². The SMILES string of the molecule is CCN(C(=O)c1ccc2c(c1)CCN2)c1cccc(C)c1.Cl. The second-order valence-electron chi connectivity index (χ2n) is 5.44. The second kappa shape index (κ2) is 6.84. The molecule has 1 aliphatic rings. The third kappa shape index (κ3) is 3.09. The summed E-state index contributed by atoms with van der Waals surface area (Å²) in [6.45, 7) is 5.68. The molecule has 0 unspecified atom stereocenters. The summed E-state index contributed by atoms with van der Waals surface area (Å²) in [5.41, 5.74) is 5.28. The van der Waals surface area contributed by atoms with Gasteiger partial charge in [-0.3, -0.25) is 4.79 Å². The maximum Gasteiger partial charge on any atom is 0.258 e. The first kappa shape index (κ1) is 16.4. The molecule has 4 heteroatoms. The molecule has 1 N–H and O–H groups in total. The van der Waals surface area contributed by atoms with Gasteiger partial charge >= 0.3 is 0 Å². The van der Waals surface area contributed by atoms with Gasteiger partial charge in [-0.1, -0.05) is 12.1 Å². The molecule has 2 aromatic carbocycles. The van der Waals surface area contributed by atoms with Gasteiger partial charge in [-0.25, -0.2) is 0 Å². The number of anilines is 2. The van der Waals surface area contributed by atoms with Gasteiger partial charge in [0.05, 0.1) is 0 Å². The van der Waals surface area contributed by atoms with Crippen LogP contribution in [0.25, 0.3) is 0 Å². The molecule has 2 aromatic rings. The molecule has 0 fully saturated rings. The Morgan fingerprint density at radius 1 is 1.23 bits per heavy atom. The first-order chi connectivity index (χ1) is 10.2. The summed E-state index contributed by atoms with van der Waals surface area (Å²) in [5, 5.41) is 3.32. The van der Waals surface area contributed by atoms with E-state index in [0.29, 0.717) is 6.54 Å². The summed E-state index contributed by atoms with van der Waals surface area (Å²) in [6, 6.07) is 14.0. The molecule has 1 aliphatic heterocycles. The van der Waals surface area contributed by atoms with Gasteiger partial charge in [-0.15, -0.1) is 12.4 Å². The summed E-state index contributed by atoms with van der Waals surface area (Å²) < 4.78 is 0. The molecular weight excluding hydrogens is 296 g/mol. The van der Waals surface area contributed by atoms with E-state index in [1.165, 1.54) is 5.56 Å². The number of aryl methyl sites for hydroxylation is 1. The molecule has 3 rings (SSSR count). The van der Waals surface area contributed by atoms with E-state index in [-0.39, 0.29) is 18.3 Å². The third-order valence-electron chi connectivity index (χ3n) is 3.94. The maximum absolute atomic E-state index is 12.8. The van der Waals surface area contributed by atoms with Crippen LogP contribution in [-0.4, -0.2) is 19.0 Å². The number of carbonyl (C=O) groups excluding carboxylic acids is 1. The van der Waals surface area contributed by atoms with Crippen LogP contribution >= 0.6 is 12.4 Å². The highest BCUT2D eigenvalue weighted by molar-refractivity contribution is 6.06. The number of nitrogens with zero attached hydrogens (tertiary/aromatic N) is 1. The molecule has 0 saturated carbocycles. The third-order valence-corrected chi connectivity index (χ3v) is 3.94. The van der Waals surface area contributed by atoms with Crippen molar-refractivity contribution in [3.05, 3.63) is 59.2 Å². The van der Waals surface area contributed by atoms with Crippen LogP contribution in [0.15, 0.2) is 42.5 Å². The average Bonchev–Trinajstić information content (AvgIpc) is 2.95. The number of hydrogen-bond donors (Lipinski definition) is 1. The molecule has 0 spiro atoms. The zero-order valence-corrected chi connectivity index (χ0v) is 13.7. The van der Waals surface area contributed by atoms with Crippen LogP contribution in [0.4, 0.5) is 11.4 Å². The van der Waals surface area contributed by atoms with Crippen molar-refractivity contribution in [2.45, 2.75) is 20.3 Å². The Hall–Kier alpha value is -2.00. The second-order valence-corrected chi connectivity index (χ2v) is 5.44. The van der Waals surface area contributed by atoms with Crippen LogP contribution in [0.3, 0.4) is 0 Å². The summed E-state index contributed by atoms with van der Waals surface area (Å²) in [7, 11) is 0. The van der Waals surface area contributed by atoms with Gasteiger partial charge in [-0.2, -0.15) is 0 Å². The first-order valence-electron chi connectivity index (χ1n) is 7.44. The van der Waals surface area contributed by atoms with Gasteiger partial charge in [0.2, 0.25) is 0 Å². The molecule has 116 valence electrons. The fourth-order valence-corrected chi connectivity index (χ4v) is 2.83. The lowest BCUT2D eigenvalue weighted by Gasteiger charge is -2.22. The normalized spacial score (nSPS) is 12.1. The standard InChI is InChI=1S/C18H20N2O.ClH/c1-3-20(16-6-4-5-13(2)11-16)18(21)15-7-8-17-14(12-15)9-10-19-17;/h4-8,11-12,19H,3,9-10H2,1-2H3;1H. The predicted octanol–water partition coefficient (Wildman–Crippen LogP) is 4.05. The Bertz CT molecular complexity index is 685. The van der Waals surface area contributed by atoms with Gasteiger partial charge in [0, 0.05) is 30.0 Å². The number of hydrogen-bond acceptors (Lipinski definition) is 2. The van der Waals surface area contributed by atoms with Gasteiger partial charge in [0.1, 0.15) is 0 Å². The summed E-state index contributed by atoms with van der Waals surface area (Å²) >= 11 is 0. The van der Waals surface area contributed by atoms with Crippen LogP contribution in [0, 0.1) is 6.92 Å². The van der Waals surface area contributed by atoms with Crippen LogP contribution < -0.4 is 10.2 Å². The van der Waals surface area contributed by atoms with Gasteiger partial charge in [0.15, 0.2) is 0 Å². The highest BCUT2D eigenvalue weighted by atomic mass is 35.5. The van der Waals surface area contributed by atoms with Crippen LogP contribution in [0.1, 0.15) is 28.4 Å². The van der Waals surface area contributed by atoms with E-state index in [9.17, 15) is 4.79 Å². The van der Waals surface area contributed by atoms with Crippen molar-refractivity contribution < 1.29 is 4.79 Å². The lowest BCUT2D eigenvalue weighted by molar-refractivity contribution is 0.0988. The topological polar surface area (TPSA) is 32.3 Å². The number of benzene rings is 2. The van der Waals surface area contributed by atoms with E-state index in [1.807, 2.05) is 55.1 Å². The molecule has 0 aromatic heterocycles. The summed E-state index contributed by atoms with van der Waals surface area (Å²) in [5.74, 6) is 0.0674. The lowest BCUT2D eigenvalue weighted by Crippen LogP contribution is -2.30. The van der Waals surface area contributed by atoms with Crippen molar-refractivity contribution in [1.82, 2.24) is 0 Å². The van der Waals surface area contributed by atoms with Crippen LogP contribution in [0.5, 0.6) is 0 Å². The Balaban J connectivity index is 0.00000176. The fraction of sp³-hybridized carbons (Fsp3) is 0.278. The molecule has 0 bridgehead atoms. The minimum atomic E-state index is 0. The van der Waals surface area contributed by atoms with Crippen molar-refractivity contribution in [3.8, 4) is 0 Å². The predicted molar refractivity (Wildman–Crippen MR) is 94.4 cm³/mol. The molecule has 0 radical (unpaired) electrons. The van der Waals surface area contributed by atoms with Gasteiger partial charge in [0.25, 0.3) is 5.91 Å². The Labute approximate surface area is 137 Å². The molecular formula is C18H21ClN2O.